The van der Waals surface area contributed by atoms with Crippen molar-refractivity contribution in [1.29, 1.82) is 0 Å². The number of Topliss-reactive ketones (excluding diaryl/α,β-unsaturated/α-hetero) is 2. The summed E-state index contributed by atoms with van der Waals surface area (Å²) in [5.74, 6) is 0.134. The fourth-order valence-electron chi connectivity index (χ4n) is 3.53. The summed E-state index contributed by atoms with van der Waals surface area (Å²) in [5.41, 5.74) is -3.04. The lowest BCUT2D eigenvalue weighted by atomic mass is 9.67. The summed E-state index contributed by atoms with van der Waals surface area (Å²) >= 11 is 0. The van der Waals surface area contributed by atoms with Crippen LogP contribution >= 0.6 is 0 Å². The second-order valence-electron chi connectivity index (χ2n) is 9.98. The lowest BCUT2D eigenvalue weighted by Crippen LogP contribution is -2.68. The van der Waals surface area contributed by atoms with Crippen LogP contribution in [0.4, 0.5) is 0 Å². The SMILES string of the molecule is COCOC[C@@]1(O)C(=O)c2cc3ccccc3c(O)c2C(=O)[C@@]1(O)C#C[Si](C)(C)C(C)(C)C. The van der Waals surface area contributed by atoms with E-state index in [1.807, 2.05) is 33.9 Å². The molecule has 0 aromatic heterocycles. The predicted octanol–water partition coefficient (Wildman–Crippen LogP) is 3.06. The van der Waals surface area contributed by atoms with Gasteiger partial charge in [-0.2, -0.15) is 0 Å². The Bertz CT molecular complexity index is 1180. The normalized spacial score (nSPS) is 23.3. The van der Waals surface area contributed by atoms with Gasteiger partial charge >= 0.3 is 0 Å². The number of aliphatic hydroxyl groups is 2. The minimum Gasteiger partial charge on any atom is -0.507 e. The van der Waals surface area contributed by atoms with Gasteiger partial charge in [0.15, 0.2) is 5.60 Å². The van der Waals surface area contributed by atoms with Crippen LogP contribution in [0.15, 0.2) is 30.3 Å². The van der Waals surface area contributed by atoms with E-state index in [0.717, 1.165) is 0 Å². The topological polar surface area (TPSA) is 113 Å². The lowest BCUT2D eigenvalue weighted by molar-refractivity contribution is -0.135. The molecular formula is C25H30O7Si. The van der Waals surface area contributed by atoms with Gasteiger partial charge in [0.1, 0.15) is 20.6 Å². The Morgan fingerprint density at radius 1 is 1.09 bits per heavy atom. The van der Waals surface area contributed by atoms with Crippen molar-refractivity contribution in [2.24, 2.45) is 0 Å². The largest absolute Gasteiger partial charge is 0.507 e. The second-order valence-corrected chi connectivity index (χ2v) is 15.0. The molecule has 176 valence electrons. The van der Waals surface area contributed by atoms with Gasteiger partial charge in [-0.25, -0.2) is 0 Å². The number of benzene rings is 2. The highest BCUT2D eigenvalue weighted by atomic mass is 28.3. The molecule has 7 nitrogen and oxygen atoms in total. The number of rotatable bonds is 4. The molecule has 0 bridgehead atoms. The number of ketones is 2. The highest BCUT2D eigenvalue weighted by molar-refractivity contribution is 6.87. The standard InChI is InChI=1S/C25H30O7Si/c1-23(2,3)33(5,6)12-11-24(29)22(28)19-18(21(27)25(24,30)14-32-15-31-4)13-16-9-7-8-10-17(16)20(19)26/h7-10,13,26,29-30H,14-15H2,1-6H3/t24-,25+/m0/s1. The molecule has 0 amide bonds. The first kappa shape index (κ1) is 25.1. The molecule has 2 atom stereocenters. The van der Waals surface area contributed by atoms with Crippen LogP contribution in [0.3, 0.4) is 0 Å². The number of ether oxygens (including phenoxy) is 2. The average molecular weight is 471 g/mol. The van der Waals surface area contributed by atoms with Crippen molar-refractivity contribution in [3.8, 4) is 17.2 Å². The molecule has 3 N–H and O–H groups in total. The molecule has 0 fully saturated rings. The first-order valence-corrected chi connectivity index (χ1v) is 13.6. The third-order valence-electron chi connectivity index (χ3n) is 6.74. The number of hydrogen-bond donors (Lipinski definition) is 3. The molecule has 0 unspecified atom stereocenters. The Balaban J connectivity index is 2.31. The van der Waals surface area contributed by atoms with Crippen molar-refractivity contribution in [2.45, 2.75) is 50.1 Å². The van der Waals surface area contributed by atoms with Gasteiger partial charge in [-0.3, -0.25) is 9.59 Å². The molecule has 0 aliphatic heterocycles. The number of aromatic hydroxyl groups is 1. The maximum Gasteiger partial charge on any atom is 0.227 e. The van der Waals surface area contributed by atoms with E-state index in [9.17, 15) is 24.9 Å². The Morgan fingerprint density at radius 3 is 2.33 bits per heavy atom. The fraction of sp³-hybridized carbons (Fsp3) is 0.440. The molecule has 8 heteroatoms. The predicted molar refractivity (Wildman–Crippen MR) is 127 cm³/mol. The van der Waals surface area contributed by atoms with E-state index >= 15 is 0 Å². The number of carbonyl (C=O) groups is 2. The van der Waals surface area contributed by atoms with Gasteiger partial charge < -0.3 is 24.8 Å². The molecule has 1 aliphatic carbocycles. The van der Waals surface area contributed by atoms with Gasteiger partial charge in [-0.15, -0.1) is 5.54 Å². The van der Waals surface area contributed by atoms with Crippen LogP contribution in [0, 0.1) is 11.5 Å². The molecule has 0 spiro atoms. The molecule has 3 rings (SSSR count). The van der Waals surface area contributed by atoms with E-state index in [1.165, 1.54) is 13.2 Å². The van der Waals surface area contributed by atoms with Crippen molar-refractivity contribution in [1.82, 2.24) is 0 Å². The summed E-state index contributed by atoms with van der Waals surface area (Å²) in [5, 5.41) is 34.6. The maximum absolute atomic E-state index is 13.7. The molecular weight excluding hydrogens is 440 g/mol. The first-order valence-electron chi connectivity index (χ1n) is 10.6. The van der Waals surface area contributed by atoms with Crippen molar-refractivity contribution < 1.29 is 34.4 Å². The van der Waals surface area contributed by atoms with E-state index in [2.05, 4.69) is 11.5 Å². The summed E-state index contributed by atoms with van der Waals surface area (Å²) in [7, 11) is -0.999. The van der Waals surface area contributed by atoms with Crippen LogP contribution in [0.2, 0.25) is 18.1 Å². The third kappa shape index (κ3) is 3.90. The van der Waals surface area contributed by atoms with Crippen LogP contribution < -0.4 is 0 Å². The second kappa shape index (κ2) is 8.35. The first-order chi connectivity index (χ1) is 15.2. The summed E-state index contributed by atoms with van der Waals surface area (Å²) in [6.45, 7) is 8.97. The number of carbonyl (C=O) groups excluding carboxylic acids is 2. The van der Waals surface area contributed by atoms with E-state index in [1.54, 1.807) is 24.3 Å². The van der Waals surface area contributed by atoms with Crippen molar-refractivity contribution in [3.63, 3.8) is 0 Å². The third-order valence-corrected chi connectivity index (χ3v) is 11.2. The van der Waals surface area contributed by atoms with Crippen LogP contribution in [-0.2, 0) is 9.47 Å². The smallest absolute Gasteiger partial charge is 0.227 e. The monoisotopic (exact) mass is 470 g/mol. The molecule has 0 saturated carbocycles. The average Bonchev–Trinajstić information content (AvgIpc) is 2.75. The zero-order valence-electron chi connectivity index (χ0n) is 19.8. The van der Waals surface area contributed by atoms with Crippen molar-refractivity contribution >= 4 is 30.4 Å². The molecule has 2 aromatic carbocycles. The quantitative estimate of drug-likeness (QED) is 0.272. The van der Waals surface area contributed by atoms with Crippen molar-refractivity contribution in [2.75, 3.05) is 20.5 Å². The maximum atomic E-state index is 13.7. The van der Waals surface area contributed by atoms with Crippen LogP contribution in [-0.4, -0.2) is 66.7 Å². The van der Waals surface area contributed by atoms with E-state index < -0.39 is 43.2 Å². The van der Waals surface area contributed by atoms with E-state index in [0.29, 0.717) is 10.8 Å². The van der Waals surface area contributed by atoms with Gasteiger partial charge in [0.05, 0.1) is 12.2 Å². The fourth-order valence-corrected chi connectivity index (χ4v) is 4.40. The number of phenolic OH excluding ortho intramolecular Hbond substituents is 1. The number of phenols is 1. The Labute approximate surface area is 194 Å². The summed E-state index contributed by atoms with van der Waals surface area (Å²) < 4.78 is 10.1. The Morgan fingerprint density at radius 2 is 1.73 bits per heavy atom. The molecule has 0 heterocycles. The van der Waals surface area contributed by atoms with E-state index in [-0.39, 0.29) is 23.0 Å². The highest BCUT2D eigenvalue weighted by Gasteiger charge is 2.64. The van der Waals surface area contributed by atoms with Gasteiger partial charge in [0.25, 0.3) is 0 Å². The van der Waals surface area contributed by atoms with Gasteiger partial charge in [-0.05, 0) is 16.5 Å². The van der Waals surface area contributed by atoms with Gasteiger partial charge in [0.2, 0.25) is 17.2 Å². The van der Waals surface area contributed by atoms with Gasteiger partial charge in [0, 0.05) is 18.1 Å². The Kier molecular flexibility index (Phi) is 6.35. The molecule has 0 radical (unpaired) electrons. The lowest BCUT2D eigenvalue weighted by Gasteiger charge is -2.42. The van der Waals surface area contributed by atoms with Crippen LogP contribution in [0.5, 0.6) is 5.75 Å². The minimum absolute atomic E-state index is 0.196. The molecule has 1 aliphatic rings. The zero-order chi connectivity index (χ0) is 24.8. The highest BCUT2D eigenvalue weighted by Crippen LogP contribution is 2.44. The van der Waals surface area contributed by atoms with E-state index in [4.69, 9.17) is 9.47 Å². The number of fused-ring (bicyclic) bond motifs is 2. The zero-order valence-corrected chi connectivity index (χ0v) is 20.8. The Hall–Kier alpha value is -2.54. The van der Waals surface area contributed by atoms with Crippen LogP contribution in [0.25, 0.3) is 10.8 Å². The number of methoxy groups -OCH3 is 1. The van der Waals surface area contributed by atoms with Crippen molar-refractivity contribution in [3.05, 3.63) is 41.5 Å². The number of hydrogen-bond acceptors (Lipinski definition) is 7. The minimum atomic E-state index is -2.82. The molecule has 0 saturated heterocycles. The molecule has 2 aromatic rings. The molecule has 33 heavy (non-hydrogen) atoms. The van der Waals surface area contributed by atoms with Crippen LogP contribution in [0.1, 0.15) is 41.5 Å². The summed E-state index contributed by atoms with van der Waals surface area (Å²) in [4.78, 5) is 27.2. The summed E-state index contributed by atoms with van der Waals surface area (Å²) in [6, 6.07) is 8.10. The van der Waals surface area contributed by atoms with Gasteiger partial charge in [-0.1, -0.05) is 64.1 Å². The summed E-state index contributed by atoms with van der Waals surface area (Å²) in [6.07, 6.45) is 0.